The van der Waals surface area contributed by atoms with Crippen molar-refractivity contribution in [3.63, 3.8) is 0 Å². The topological polar surface area (TPSA) is 91.2 Å². The van der Waals surface area contributed by atoms with Gasteiger partial charge in [-0.2, -0.15) is 0 Å². The molecule has 8 heteroatoms. The van der Waals surface area contributed by atoms with E-state index in [4.69, 9.17) is 15.5 Å². The van der Waals surface area contributed by atoms with Crippen molar-refractivity contribution in [1.82, 2.24) is 24.0 Å². The Balaban J connectivity index is 1.47. The Kier molecular flexibility index (Phi) is 5.29. The second kappa shape index (κ2) is 8.37. The quantitative estimate of drug-likeness (QED) is 0.475. The van der Waals surface area contributed by atoms with E-state index in [1.807, 2.05) is 36.3 Å². The molecule has 4 heterocycles. The van der Waals surface area contributed by atoms with Gasteiger partial charge in [-0.25, -0.2) is 9.97 Å². The maximum absolute atomic E-state index is 13.5. The lowest BCUT2D eigenvalue weighted by Gasteiger charge is -2.36. The monoisotopic (exact) mass is 472 g/mol. The molecule has 2 N–H and O–H groups in total. The van der Waals surface area contributed by atoms with Crippen LogP contribution in [0.3, 0.4) is 0 Å². The van der Waals surface area contributed by atoms with Crippen molar-refractivity contribution in [2.75, 3.05) is 13.7 Å². The number of nitrogens with zero attached hydrogens (tertiary/aromatic N) is 5. The lowest BCUT2D eigenvalue weighted by Crippen LogP contribution is -2.50. The molecule has 3 aromatic heterocycles. The summed E-state index contributed by atoms with van der Waals surface area (Å²) in [7, 11) is 3.65. The van der Waals surface area contributed by atoms with E-state index in [-0.39, 0.29) is 18.0 Å². The van der Waals surface area contributed by atoms with Crippen LogP contribution >= 0.6 is 0 Å². The van der Waals surface area contributed by atoms with Crippen LogP contribution in [0.25, 0.3) is 33.6 Å². The molecule has 0 spiro atoms. The zero-order valence-electron chi connectivity index (χ0n) is 20.6. The molecule has 2 fully saturated rings. The summed E-state index contributed by atoms with van der Waals surface area (Å²) in [5, 5.41) is 1.11. The summed E-state index contributed by atoms with van der Waals surface area (Å²) in [6, 6.07) is 10.1. The molecule has 0 radical (unpaired) electrons. The van der Waals surface area contributed by atoms with Gasteiger partial charge in [-0.05, 0) is 68.9 Å². The van der Waals surface area contributed by atoms with Gasteiger partial charge >= 0.3 is 0 Å². The van der Waals surface area contributed by atoms with Crippen molar-refractivity contribution < 1.29 is 9.53 Å². The number of aromatic nitrogens is 4. The number of carbonyl (C=O) groups excluding carboxylic acids is 1. The van der Waals surface area contributed by atoms with Crippen LogP contribution in [0.15, 0.2) is 36.5 Å². The van der Waals surface area contributed by atoms with Crippen LogP contribution in [0.4, 0.5) is 0 Å². The predicted octanol–water partition coefficient (Wildman–Crippen LogP) is 3.96. The normalized spacial score (nSPS) is 20.6. The first kappa shape index (κ1) is 22.1. The minimum atomic E-state index is -0.0212. The van der Waals surface area contributed by atoms with Crippen LogP contribution in [0.1, 0.15) is 43.0 Å². The number of fused-ring (bicyclic) bond motifs is 2. The number of imidazole rings is 1. The number of piperidine rings is 1. The fourth-order valence-corrected chi connectivity index (χ4v) is 5.42. The van der Waals surface area contributed by atoms with Crippen molar-refractivity contribution in [3.8, 4) is 17.3 Å². The molecule has 35 heavy (non-hydrogen) atoms. The number of likely N-dealkylation sites (tertiary alicyclic amines) is 1. The Hall–Kier alpha value is -3.39. The maximum atomic E-state index is 13.5. The number of rotatable bonds is 5. The number of amides is 1. The largest absolute Gasteiger partial charge is 0.494 e. The van der Waals surface area contributed by atoms with Crippen molar-refractivity contribution in [2.45, 2.75) is 51.2 Å². The molecule has 1 saturated carbocycles. The van der Waals surface area contributed by atoms with Crippen LogP contribution in [-0.2, 0) is 13.6 Å². The first-order valence-electron chi connectivity index (χ1n) is 12.5. The number of hydrogen-bond donors (Lipinski definition) is 1. The highest BCUT2D eigenvalue weighted by atomic mass is 16.5. The average Bonchev–Trinajstić information content (AvgIpc) is 3.53. The van der Waals surface area contributed by atoms with Crippen LogP contribution in [0.5, 0.6) is 5.75 Å². The summed E-state index contributed by atoms with van der Waals surface area (Å²) in [5.74, 6) is 2.16. The number of aryl methyl sites for hydroxylation is 1. The van der Waals surface area contributed by atoms with E-state index in [0.29, 0.717) is 23.8 Å². The van der Waals surface area contributed by atoms with E-state index in [2.05, 4.69) is 33.2 Å². The molecular formula is C27H32N6O2. The van der Waals surface area contributed by atoms with E-state index in [1.165, 1.54) is 12.8 Å². The van der Waals surface area contributed by atoms with Gasteiger partial charge in [0.25, 0.3) is 5.91 Å². The average molecular weight is 473 g/mol. The highest BCUT2D eigenvalue weighted by molar-refractivity contribution is 6.00. The SMILES string of the molecule is COc1cc(C(=O)N2CC(N)CCC2C)cc2nc(-c3cc4cccnc4n3CC3CC3)n(C)c12. The Morgan fingerprint density at radius 2 is 2.03 bits per heavy atom. The van der Waals surface area contributed by atoms with Crippen LogP contribution in [0, 0.1) is 5.92 Å². The molecule has 1 aromatic carbocycles. The Morgan fingerprint density at radius 1 is 1.20 bits per heavy atom. The lowest BCUT2D eigenvalue weighted by molar-refractivity contribution is 0.0612. The maximum Gasteiger partial charge on any atom is 0.254 e. The number of methoxy groups -OCH3 is 1. The smallest absolute Gasteiger partial charge is 0.254 e. The number of hydrogen-bond acceptors (Lipinski definition) is 5. The van der Waals surface area contributed by atoms with E-state index < -0.39 is 0 Å². The molecule has 1 amide bonds. The summed E-state index contributed by atoms with van der Waals surface area (Å²) in [6.45, 7) is 3.60. The van der Waals surface area contributed by atoms with Gasteiger partial charge < -0.3 is 24.5 Å². The first-order chi connectivity index (χ1) is 16.9. The molecule has 2 aliphatic rings. The van der Waals surface area contributed by atoms with Crippen LogP contribution in [0.2, 0.25) is 0 Å². The molecule has 2 unspecified atom stereocenters. The molecule has 0 bridgehead atoms. The van der Waals surface area contributed by atoms with Gasteiger partial charge in [0.15, 0.2) is 5.82 Å². The molecule has 1 saturated heterocycles. The van der Waals surface area contributed by atoms with Gasteiger partial charge in [0.2, 0.25) is 0 Å². The lowest BCUT2D eigenvalue weighted by atomic mass is 9.99. The van der Waals surface area contributed by atoms with Crippen molar-refractivity contribution >= 4 is 28.0 Å². The fourth-order valence-electron chi connectivity index (χ4n) is 5.42. The summed E-state index contributed by atoms with van der Waals surface area (Å²) < 4.78 is 10.1. The van der Waals surface area contributed by atoms with Crippen molar-refractivity contribution in [2.24, 2.45) is 18.7 Å². The third kappa shape index (κ3) is 3.76. The van der Waals surface area contributed by atoms with Gasteiger partial charge in [0.1, 0.15) is 16.9 Å². The molecule has 4 aromatic rings. The van der Waals surface area contributed by atoms with E-state index in [9.17, 15) is 4.79 Å². The molecule has 8 nitrogen and oxygen atoms in total. The zero-order valence-corrected chi connectivity index (χ0v) is 20.6. The Morgan fingerprint density at radius 3 is 2.80 bits per heavy atom. The molecule has 1 aliphatic carbocycles. The third-order valence-electron chi connectivity index (χ3n) is 7.60. The zero-order chi connectivity index (χ0) is 24.3. The highest BCUT2D eigenvalue weighted by Crippen LogP contribution is 2.37. The summed E-state index contributed by atoms with van der Waals surface area (Å²) in [5.41, 5.74) is 10.4. The standard InChI is InChI=1S/C27H32N6O2/c1-16-6-9-20(28)15-32(16)27(34)19-11-21-24(23(13-19)35-3)31(2)26(30-21)22-12-18-5-4-10-29-25(18)33(22)14-17-7-8-17/h4-5,10-13,16-17,20H,6-9,14-15,28H2,1-3H3. The number of benzene rings is 1. The number of carbonyl (C=O) groups is 1. The minimum absolute atomic E-state index is 0.0178. The number of ether oxygens (including phenoxy) is 1. The second-order valence-electron chi connectivity index (χ2n) is 10.2. The molecular weight excluding hydrogens is 440 g/mol. The Bertz CT molecular complexity index is 1430. The Labute approximate surface area is 204 Å². The van der Waals surface area contributed by atoms with Gasteiger partial charge in [0.05, 0.1) is 18.3 Å². The van der Waals surface area contributed by atoms with Gasteiger partial charge in [0, 0.05) is 49.4 Å². The fraction of sp³-hybridized carbons (Fsp3) is 0.444. The van der Waals surface area contributed by atoms with Crippen LogP contribution < -0.4 is 10.5 Å². The molecule has 182 valence electrons. The highest BCUT2D eigenvalue weighted by Gasteiger charge is 2.30. The summed E-state index contributed by atoms with van der Waals surface area (Å²) >= 11 is 0. The van der Waals surface area contributed by atoms with E-state index in [0.717, 1.165) is 53.0 Å². The number of pyridine rings is 1. The van der Waals surface area contributed by atoms with Gasteiger partial charge in [-0.15, -0.1) is 0 Å². The molecule has 6 rings (SSSR count). The second-order valence-corrected chi connectivity index (χ2v) is 10.2. The van der Waals surface area contributed by atoms with E-state index >= 15 is 0 Å². The number of nitrogens with two attached hydrogens (primary N) is 1. The molecule has 1 aliphatic heterocycles. The van der Waals surface area contributed by atoms with Crippen molar-refractivity contribution in [3.05, 3.63) is 42.1 Å². The van der Waals surface area contributed by atoms with Crippen LogP contribution in [-0.4, -0.2) is 55.6 Å². The minimum Gasteiger partial charge on any atom is -0.494 e. The molecule has 2 atom stereocenters. The summed E-state index contributed by atoms with van der Waals surface area (Å²) in [4.78, 5) is 25.1. The first-order valence-corrected chi connectivity index (χ1v) is 12.5. The predicted molar refractivity (Wildman–Crippen MR) is 136 cm³/mol. The van der Waals surface area contributed by atoms with Gasteiger partial charge in [-0.1, -0.05) is 0 Å². The summed E-state index contributed by atoms with van der Waals surface area (Å²) in [6.07, 6.45) is 6.22. The third-order valence-corrected chi connectivity index (χ3v) is 7.60. The van der Waals surface area contributed by atoms with E-state index in [1.54, 1.807) is 7.11 Å². The van der Waals surface area contributed by atoms with Gasteiger partial charge in [-0.3, -0.25) is 4.79 Å². The van der Waals surface area contributed by atoms with Crippen molar-refractivity contribution in [1.29, 1.82) is 0 Å².